The topological polar surface area (TPSA) is 124 Å². The van der Waals surface area contributed by atoms with Gasteiger partial charge in [0.1, 0.15) is 5.75 Å². The fraction of sp³-hybridized carbons (Fsp3) is 0.417. The van der Waals surface area contributed by atoms with Gasteiger partial charge in [-0.05, 0) is 11.6 Å². The number of hydrogen-bond donors (Lipinski definition) is 1. The number of carbonyl (C=O) groups is 1. The molecule has 0 aliphatic carbocycles. The lowest BCUT2D eigenvalue weighted by atomic mass is 10.2. The average molecular weight is 317 g/mol. The summed E-state index contributed by atoms with van der Waals surface area (Å²) in [5.41, 5.74) is -0.107. The fourth-order valence-corrected chi connectivity index (χ4v) is 3.41. The Labute approximate surface area is 121 Å². The molecular weight excluding hydrogens is 302 g/mol. The van der Waals surface area contributed by atoms with Gasteiger partial charge >= 0.3 is 5.97 Å². The summed E-state index contributed by atoms with van der Waals surface area (Å²) in [4.78, 5) is 20.8. The van der Waals surface area contributed by atoms with E-state index in [-0.39, 0.29) is 17.0 Å². The van der Waals surface area contributed by atoms with Crippen LogP contribution in [0.1, 0.15) is 12.5 Å². The Morgan fingerprint density at radius 2 is 2.05 bits per heavy atom. The molecule has 1 N–H and O–H groups in total. The third kappa shape index (κ3) is 5.03. The molecule has 0 fully saturated rings. The van der Waals surface area contributed by atoms with Crippen molar-refractivity contribution < 1.29 is 28.0 Å². The van der Waals surface area contributed by atoms with Crippen LogP contribution >= 0.6 is 0 Å². The van der Waals surface area contributed by atoms with Gasteiger partial charge < -0.3 is 9.84 Å². The van der Waals surface area contributed by atoms with Crippen molar-refractivity contribution in [1.29, 1.82) is 0 Å². The van der Waals surface area contributed by atoms with Crippen molar-refractivity contribution in [2.75, 3.05) is 12.9 Å². The van der Waals surface area contributed by atoms with Crippen molar-refractivity contribution in [3.63, 3.8) is 0 Å². The highest BCUT2D eigenvalue weighted by Crippen LogP contribution is 2.24. The zero-order valence-corrected chi connectivity index (χ0v) is 12.3. The second-order valence-electron chi connectivity index (χ2n) is 4.59. The molecule has 0 spiro atoms. The van der Waals surface area contributed by atoms with Crippen LogP contribution in [0, 0.1) is 16.0 Å². The van der Waals surface area contributed by atoms with Crippen molar-refractivity contribution in [1.82, 2.24) is 0 Å². The van der Waals surface area contributed by atoms with Crippen LogP contribution in [-0.4, -0.2) is 37.3 Å². The standard InChI is InChI=1S/C12H15NO7S/c1-8(12(14)15)6-21(18,19)7-9-3-10(13(16)17)5-11(4-9)20-2/h3-5,8H,6-7H2,1-2H3,(H,14,15). The molecule has 9 heteroatoms. The average Bonchev–Trinajstić information content (AvgIpc) is 2.36. The van der Waals surface area contributed by atoms with E-state index in [1.165, 1.54) is 26.2 Å². The number of nitro groups is 1. The minimum Gasteiger partial charge on any atom is -0.496 e. The number of nitrogens with zero attached hydrogens (tertiary/aromatic N) is 1. The van der Waals surface area contributed by atoms with Gasteiger partial charge in [0.05, 0.1) is 35.5 Å². The summed E-state index contributed by atoms with van der Waals surface area (Å²) in [7, 11) is -2.40. The van der Waals surface area contributed by atoms with E-state index in [0.29, 0.717) is 0 Å². The maximum absolute atomic E-state index is 11.9. The van der Waals surface area contributed by atoms with Gasteiger partial charge in [-0.2, -0.15) is 0 Å². The Bertz CT molecular complexity index is 654. The normalized spacial score (nSPS) is 12.7. The molecule has 0 aliphatic rings. The molecule has 0 amide bonds. The number of non-ortho nitro benzene ring substituents is 1. The number of rotatable bonds is 7. The highest BCUT2D eigenvalue weighted by molar-refractivity contribution is 7.90. The maximum Gasteiger partial charge on any atom is 0.307 e. The van der Waals surface area contributed by atoms with Gasteiger partial charge in [-0.3, -0.25) is 14.9 Å². The summed E-state index contributed by atoms with van der Waals surface area (Å²) >= 11 is 0. The second-order valence-corrected chi connectivity index (χ2v) is 6.70. The Morgan fingerprint density at radius 1 is 1.43 bits per heavy atom. The number of hydrogen-bond acceptors (Lipinski definition) is 6. The first-order chi connectivity index (χ1) is 9.64. The Morgan fingerprint density at radius 3 is 2.52 bits per heavy atom. The van der Waals surface area contributed by atoms with Gasteiger partial charge in [-0.1, -0.05) is 6.92 Å². The van der Waals surface area contributed by atoms with E-state index < -0.39 is 38.2 Å². The monoisotopic (exact) mass is 317 g/mol. The number of carboxylic acid groups (broad SMARTS) is 1. The zero-order chi connectivity index (χ0) is 16.2. The molecule has 116 valence electrons. The predicted molar refractivity (Wildman–Crippen MR) is 73.9 cm³/mol. The number of aliphatic carboxylic acids is 1. The highest BCUT2D eigenvalue weighted by Gasteiger charge is 2.22. The molecule has 1 aromatic carbocycles. The molecular formula is C12H15NO7S. The van der Waals surface area contributed by atoms with E-state index in [1.54, 1.807) is 0 Å². The minimum absolute atomic E-state index is 0.167. The third-order valence-corrected chi connectivity index (χ3v) is 4.49. The Hall–Kier alpha value is -2.16. The van der Waals surface area contributed by atoms with Crippen LogP contribution in [0.2, 0.25) is 0 Å². The predicted octanol–water partition coefficient (Wildman–Crippen LogP) is 1.24. The van der Waals surface area contributed by atoms with Crippen LogP contribution in [0.4, 0.5) is 5.69 Å². The van der Waals surface area contributed by atoms with Crippen molar-refractivity contribution in [3.05, 3.63) is 33.9 Å². The molecule has 0 radical (unpaired) electrons. The summed E-state index contributed by atoms with van der Waals surface area (Å²) in [5, 5.41) is 19.5. The van der Waals surface area contributed by atoms with E-state index in [0.717, 1.165) is 6.07 Å². The lowest BCUT2D eigenvalue weighted by Gasteiger charge is -2.09. The molecule has 1 unspecified atom stereocenters. The Balaban J connectivity index is 3.04. The summed E-state index contributed by atoms with van der Waals surface area (Å²) < 4.78 is 28.7. The second kappa shape index (κ2) is 6.53. The summed E-state index contributed by atoms with van der Waals surface area (Å²) in [6.45, 7) is 1.29. The molecule has 1 aromatic rings. The molecule has 0 aliphatic heterocycles. The molecule has 1 atom stereocenters. The number of benzene rings is 1. The van der Waals surface area contributed by atoms with Gasteiger partial charge in [0.2, 0.25) is 0 Å². The van der Waals surface area contributed by atoms with Crippen LogP contribution in [0.25, 0.3) is 0 Å². The van der Waals surface area contributed by atoms with Crippen molar-refractivity contribution in [3.8, 4) is 5.75 Å². The molecule has 0 bridgehead atoms. The maximum atomic E-state index is 11.9. The van der Waals surface area contributed by atoms with Gasteiger partial charge in [0.25, 0.3) is 5.69 Å². The first-order valence-corrected chi connectivity index (χ1v) is 7.72. The molecule has 21 heavy (non-hydrogen) atoms. The minimum atomic E-state index is -3.71. The largest absolute Gasteiger partial charge is 0.496 e. The molecule has 0 saturated carbocycles. The SMILES string of the molecule is COc1cc(CS(=O)(=O)CC(C)C(=O)O)cc([N+](=O)[O-])c1. The smallest absolute Gasteiger partial charge is 0.307 e. The Kier molecular flexibility index (Phi) is 5.25. The van der Waals surface area contributed by atoms with Gasteiger partial charge in [-0.25, -0.2) is 8.42 Å². The first-order valence-electron chi connectivity index (χ1n) is 5.90. The lowest BCUT2D eigenvalue weighted by molar-refractivity contribution is -0.385. The molecule has 0 saturated heterocycles. The number of sulfone groups is 1. The van der Waals surface area contributed by atoms with Crippen LogP contribution in [0.3, 0.4) is 0 Å². The number of ether oxygens (including phenoxy) is 1. The van der Waals surface area contributed by atoms with Gasteiger partial charge in [-0.15, -0.1) is 0 Å². The van der Waals surface area contributed by atoms with Crippen LogP contribution in [0.15, 0.2) is 18.2 Å². The van der Waals surface area contributed by atoms with E-state index in [1.807, 2.05) is 0 Å². The van der Waals surface area contributed by atoms with E-state index in [2.05, 4.69) is 0 Å². The molecule has 1 rings (SSSR count). The van der Waals surface area contributed by atoms with Crippen molar-refractivity contribution in [2.45, 2.75) is 12.7 Å². The van der Waals surface area contributed by atoms with Crippen LogP contribution in [0.5, 0.6) is 5.75 Å². The lowest BCUT2D eigenvalue weighted by Crippen LogP contribution is -2.22. The van der Waals surface area contributed by atoms with Crippen LogP contribution in [-0.2, 0) is 20.4 Å². The van der Waals surface area contributed by atoms with E-state index in [4.69, 9.17) is 9.84 Å². The summed E-state index contributed by atoms with van der Waals surface area (Å²) in [6, 6.07) is 3.68. The molecule has 0 heterocycles. The number of methoxy groups -OCH3 is 1. The number of carboxylic acids is 1. The third-order valence-electron chi connectivity index (χ3n) is 2.71. The highest BCUT2D eigenvalue weighted by atomic mass is 32.2. The molecule has 8 nitrogen and oxygen atoms in total. The van der Waals surface area contributed by atoms with Crippen molar-refractivity contribution >= 4 is 21.5 Å². The summed E-state index contributed by atoms with van der Waals surface area (Å²) in [5.74, 6) is -3.11. The van der Waals surface area contributed by atoms with Gasteiger partial charge in [0, 0.05) is 6.07 Å². The van der Waals surface area contributed by atoms with Crippen molar-refractivity contribution in [2.24, 2.45) is 5.92 Å². The fourth-order valence-electron chi connectivity index (χ4n) is 1.72. The molecule has 0 aromatic heterocycles. The van der Waals surface area contributed by atoms with E-state index >= 15 is 0 Å². The number of nitro benzene ring substituents is 1. The first kappa shape index (κ1) is 16.9. The van der Waals surface area contributed by atoms with Gasteiger partial charge in [0.15, 0.2) is 9.84 Å². The van der Waals surface area contributed by atoms with E-state index in [9.17, 15) is 23.3 Å². The quantitative estimate of drug-likeness (QED) is 0.592. The summed E-state index contributed by atoms with van der Waals surface area (Å²) in [6.07, 6.45) is 0. The zero-order valence-electron chi connectivity index (χ0n) is 11.5. The van der Waals surface area contributed by atoms with Crippen LogP contribution < -0.4 is 4.74 Å².